The number of carbonyl (C=O) groups is 2. The summed E-state index contributed by atoms with van der Waals surface area (Å²) in [7, 11) is 3.21. The highest BCUT2D eigenvalue weighted by molar-refractivity contribution is 6.01. The molecule has 8 rings (SSSR count). The van der Waals surface area contributed by atoms with Gasteiger partial charge in [0, 0.05) is 48.8 Å². The van der Waals surface area contributed by atoms with Crippen LogP contribution in [0, 0.1) is 24.7 Å². The molecule has 2 aliphatic heterocycles. The van der Waals surface area contributed by atoms with Crippen LogP contribution >= 0.6 is 24.8 Å². The van der Waals surface area contributed by atoms with Crippen molar-refractivity contribution in [1.82, 2.24) is 18.8 Å². The van der Waals surface area contributed by atoms with Gasteiger partial charge < -0.3 is 23.8 Å². The maximum atomic E-state index is 12.4. The minimum absolute atomic E-state index is 0. The average molecular weight is 754 g/mol. The van der Waals surface area contributed by atoms with E-state index in [-0.39, 0.29) is 55.2 Å². The summed E-state index contributed by atoms with van der Waals surface area (Å²) in [4.78, 5) is 37.4. The number of fused-ring (bicyclic) bond motifs is 4. The van der Waals surface area contributed by atoms with Gasteiger partial charge in [0.05, 0.1) is 50.1 Å². The molecule has 6 aromatic rings. The first-order valence-electron chi connectivity index (χ1n) is 16.2. The van der Waals surface area contributed by atoms with Crippen molar-refractivity contribution in [2.24, 2.45) is 0 Å². The monoisotopic (exact) mass is 752 g/mol. The summed E-state index contributed by atoms with van der Waals surface area (Å²) >= 11 is 0. The fraction of sp³-hybridized carbons (Fsp3) is 0.200. The maximum Gasteiger partial charge on any atom is 0.228 e. The van der Waals surface area contributed by atoms with Crippen LogP contribution in [0.5, 0.6) is 11.5 Å². The molecule has 53 heavy (non-hydrogen) atoms. The van der Waals surface area contributed by atoms with Gasteiger partial charge in [-0.25, -0.2) is 9.97 Å². The van der Waals surface area contributed by atoms with Crippen LogP contribution < -0.4 is 19.3 Å². The van der Waals surface area contributed by atoms with Crippen molar-refractivity contribution in [2.45, 2.75) is 25.7 Å². The standard InChI is InChI=1S/2C20H17N3O2.2ClH.H2O/c2*1-3-11-23-19(24)10-8-15-14(7-9-17(25-2)20(15)23)16-13-22-12-5-4-6-18(22)21-16;;;/h2*1,4-7,9,12-13H,8,10-11H2,2H3;2*1H;1H2. The number of halogens is 2. The Hall–Kier alpha value is -5.98. The average Bonchev–Trinajstić information content (AvgIpc) is 3.78. The number of amides is 2. The summed E-state index contributed by atoms with van der Waals surface area (Å²) in [6, 6.07) is 19.5. The molecule has 0 saturated carbocycles. The first-order chi connectivity index (χ1) is 24.4. The molecule has 6 heterocycles. The fourth-order valence-electron chi connectivity index (χ4n) is 6.77. The number of imidazole rings is 2. The number of terminal acetylenes is 2. The molecule has 272 valence electrons. The van der Waals surface area contributed by atoms with Crippen LogP contribution in [0.25, 0.3) is 33.8 Å². The van der Waals surface area contributed by atoms with Crippen LogP contribution in [0.1, 0.15) is 24.0 Å². The number of nitrogens with zero attached hydrogens (tertiary/aromatic N) is 6. The van der Waals surface area contributed by atoms with E-state index < -0.39 is 0 Å². The summed E-state index contributed by atoms with van der Waals surface area (Å²) < 4.78 is 15.0. The van der Waals surface area contributed by atoms with E-state index in [1.807, 2.05) is 94.3 Å². The number of anilines is 2. The largest absolute Gasteiger partial charge is 0.495 e. The normalized spacial score (nSPS) is 12.8. The van der Waals surface area contributed by atoms with E-state index >= 15 is 0 Å². The zero-order valence-electron chi connectivity index (χ0n) is 29.1. The number of aromatic nitrogens is 4. The fourth-order valence-corrected chi connectivity index (χ4v) is 6.77. The van der Waals surface area contributed by atoms with Crippen molar-refractivity contribution in [2.75, 3.05) is 37.1 Å². The van der Waals surface area contributed by atoms with Crippen molar-refractivity contribution in [3.63, 3.8) is 0 Å². The van der Waals surface area contributed by atoms with E-state index in [1.165, 1.54) is 0 Å². The topological polar surface area (TPSA) is 125 Å². The Labute approximate surface area is 319 Å². The molecule has 2 N–H and O–H groups in total. The Morgan fingerprint density at radius 1 is 0.642 bits per heavy atom. The second-order valence-electron chi connectivity index (χ2n) is 11.8. The number of methoxy groups -OCH3 is 2. The van der Waals surface area contributed by atoms with E-state index in [1.54, 1.807) is 24.0 Å². The molecular weight excluding hydrogens is 715 g/mol. The van der Waals surface area contributed by atoms with Crippen LogP contribution in [-0.4, -0.2) is 63.4 Å². The second kappa shape index (κ2) is 17.0. The number of hydrogen-bond acceptors (Lipinski definition) is 6. The predicted molar refractivity (Wildman–Crippen MR) is 211 cm³/mol. The Morgan fingerprint density at radius 2 is 1.06 bits per heavy atom. The molecular formula is C40H38Cl2N6O5. The minimum atomic E-state index is 0. The van der Waals surface area contributed by atoms with Gasteiger partial charge >= 0.3 is 0 Å². The highest BCUT2D eigenvalue weighted by Gasteiger charge is 2.31. The Kier molecular flexibility index (Phi) is 12.8. The lowest BCUT2D eigenvalue weighted by Gasteiger charge is -2.30. The first kappa shape index (κ1) is 39.8. The highest BCUT2D eigenvalue weighted by atomic mass is 35.5. The zero-order chi connectivity index (χ0) is 34.8. The molecule has 0 bridgehead atoms. The van der Waals surface area contributed by atoms with E-state index in [4.69, 9.17) is 32.3 Å². The molecule has 11 nitrogen and oxygen atoms in total. The number of hydrogen-bond donors (Lipinski definition) is 0. The Balaban J connectivity index is 0.000000224. The van der Waals surface area contributed by atoms with E-state index in [0.29, 0.717) is 37.2 Å². The highest BCUT2D eigenvalue weighted by Crippen LogP contribution is 2.43. The van der Waals surface area contributed by atoms with Gasteiger partial charge in [0.2, 0.25) is 11.8 Å². The van der Waals surface area contributed by atoms with Gasteiger partial charge in [0.1, 0.15) is 22.8 Å². The van der Waals surface area contributed by atoms with Gasteiger partial charge in [-0.05, 0) is 72.5 Å². The van der Waals surface area contributed by atoms with Gasteiger partial charge in [-0.1, -0.05) is 24.0 Å². The Bertz CT molecular complexity index is 2140. The molecule has 0 spiro atoms. The molecule has 13 heteroatoms. The van der Waals surface area contributed by atoms with Crippen molar-refractivity contribution in [3.05, 3.63) is 96.6 Å². The van der Waals surface area contributed by atoms with Crippen molar-refractivity contribution < 1.29 is 24.5 Å². The number of carbonyl (C=O) groups excluding carboxylic acids is 2. The molecule has 0 radical (unpaired) electrons. The maximum absolute atomic E-state index is 12.4. The molecule has 0 fully saturated rings. The third-order valence-electron chi connectivity index (χ3n) is 9.03. The van der Waals surface area contributed by atoms with Gasteiger partial charge in [0.25, 0.3) is 0 Å². The molecule has 2 aliphatic rings. The van der Waals surface area contributed by atoms with Crippen molar-refractivity contribution >= 4 is 59.3 Å². The van der Waals surface area contributed by atoms with Crippen LogP contribution in [0.15, 0.2) is 85.5 Å². The Morgan fingerprint density at radius 3 is 1.42 bits per heavy atom. The predicted octanol–water partition coefficient (Wildman–Crippen LogP) is 5.86. The molecule has 0 saturated heterocycles. The first-order valence-corrected chi connectivity index (χ1v) is 16.2. The molecule has 2 amide bonds. The van der Waals surface area contributed by atoms with Crippen LogP contribution in [0.3, 0.4) is 0 Å². The van der Waals surface area contributed by atoms with Gasteiger partial charge in [-0.2, -0.15) is 0 Å². The quantitative estimate of drug-likeness (QED) is 0.196. The van der Waals surface area contributed by atoms with Crippen molar-refractivity contribution in [3.8, 4) is 58.7 Å². The second-order valence-corrected chi connectivity index (χ2v) is 11.8. The number of rotatable bonds is 6. The summed E-state index contributed by atoms with van der Waals surface area (Å²) in [5.74, 6) is 6.51. The van der Waals surface area contributed by atoms with E-state index in [2.05, 4.69) is 11.8 Å². The van der Waals surface area contributed by atoms with Crippen LogP contribution in [0.2, 0.25) is 0 Å². The molecule has 0 aliphatic carbocycles. The lowest BCUT2D eigenvalue weighted by molar-refractivity contribution is -0.119. The summed E-state index contributed by atoms with van der Waals surface area (Å²) in [6.45, 7) is 0.466. The van der Waals surface area contributed by atoms with E-state index in [9.17, 15) is 9.59 Å². The van der Waals surface area contributed by atoms with Gasteiger partial charge in [-0.15, -0.1) is 37.7 Å². The smallest absolute Gasteiger partial charge is 0.228 e. The lowest BCUT2D eigenvalue weighted by Crippen LogP contribution is -2.36. The zero-order valence-corrected chi connectivity index (χ0v) is 30.7. The summed E-state index contributed by atoms with van der Waals surface area (Å²) in [6.07, 6.45) is 21.0. The number of benzene rings is 2. The summed E-state index contributed by atoms with van der Waals surface area (Å²) in [5, 5.41) is 0. The summed E-state index contributed by atoms with van der Waals surface area (Å²) in [5.41, 5.74) is 9.18. The van der Waals surface area contributed by atoms with Crippen LogP contribution in [-0.2, 0) is 22.4 Å². The van der Waals surface area contributed by atoms with Crippen molar-refractivity contribution in [1.29, 1.82) is 0 Å². The third-order valence-corrected chi connectivity index (χ3v) is 9.03. The number of ether oxygens (including phenoxy) is 2. The number of pyridine rings is 2. The molecule has 0 atom stereocenters. The molecule has 4 aromatic heterocycles. The molecule has 2 aromatic carbocycles. The SMILES string of the molecule is C#CCN1C(=O)CCc2c(-c3cn4ccccc4n3)ccc(OC)c21.C#CCN1C(=O)CCc2c(-c3cn4ccccc4n3)ccc(OC)c21.Cl.Cl.O. The third kappa shape index (κ3) is 7.37. The van der Waals surface area contributed by atoms with Gasteiger partial charge in [-0.3, -0.25) is 19.4 Å². The van der Waals surface area contributed by atoms with Gasteiger partial charge in [0.15, 0.2) is 0 Å². The van der Waals surface area contributed by atoms with Crippen LogP contribution in [0.4, 0.5) is 11.4 Å². The lowest BCUT2D eigenvalue weighted by atomic mass is 9.93. The van der Waals surface area contributed by atoms with E-state index in [0.717, 1.165) is 56.3 Å². The minimum Gasteiger partial charge on any atom is -0.495 e. The molecule has 0 unspecified atom stereocenters.